The van der Waals surface area contributed by atoms with Gasteiger partial charge in [0.2, 0.25) is 0 Å². The summed E-state index contributed by atoms with van der Waals surface area (Å²) in [6.45, 7) is 2.18. The van der Waals surface area contributed by atoms with Crippen LogP contribution in [0.15, 0.2) is 23.1 Å². The van der Waals surface area contributed by atoms with Crippen molar-refractivity contribution in [2.24, 2.45) is 0 Å². The second-order valence-electron chi connectivity index (χ2n) is 4.72. The van der Waals surface area contributed by atoms with Crippen LogP contribution in [0.2, 0.25) is 5.02 Å². The fourth-order valence-corrected chi connectivity index (χ4v) is 3.96. The molecule has 0 aliphatic heterocycles. The van der Waals surface area contributed by atoms with Gasteiger partial charge < -0.3 is 5.32 Å². The first-order chi connectivity index (χ1) is 9.10. The zero-order valence-corrected chi connectivity index (χ0v) is 13.3. The van der Waals surface area contributed by atoms with Gasteiger partial charge in [0.05, 0.1) is 10.6 Å². The van der Waals surface area contributed by atoms with Crippen molar-refractivity contribution in [1.29, 1.82) is 0 Å². The molecule has 2 nitrogen and oxygen atoms in total. The van der Waals surface area contributed by atoms with E-state index in [0.717, 1.165) is 23.5 Å². The van der Waals surface area contributed by atoms with Crippen molar-refractivity contribution in [2.45, 2.75) is 42.4 Å². The highest BCUT2D eigenvalue weighted by Gasteiger charge is 2.26. The van der Waals surface area contributed by atoms with Gasteiger partial charge in [-0.1, -0.05) is 18.5 Å². The zero-order chi connectivity index (χ0) is 13.8. The number of amides is 1. The summed E-state index contributed by atoms with van der Waals surface area (Å²) in [6, 6.07) is 5.49. The van der Waals surface area contributed by atoms with Gasteiger partial charge in [-0.15, -0.1) is 12.6 Å². The highest BCUT2D eigenvalue weighted by atomic mass is 35.5. The second-order valence-corrected chi connectivity index (χ2v) is 7.23. The largest absolute Gasteiger partial charge is 0.349 e. The number of carbonyl (C=O) groups is 1. The smallest absolute Gasteiger partial charge is 0.253 e. The average Bonchev–Trinajstić information content (AvgIpc) is 2.80. The normalized spacial score (nSPS) is 22.5. The Hall–Kier alpha value is -0.320. The molecule has 1 fully saturated rings. The van der Waals surface area contributed by atoms with Crippen LogP contribution in [0.1, 0.15) is 36.5 Å². The van der Waals surface area contributed by atoms with Gasteiger partial charge in [0.25, 0.3) is 5.91 Å². The van der Waals surface area contributed by atoms with Gasteiger partial charge in [-0.25, -0.2) is 0 Å². The number of thioether (sulfide) groups is 1. The number of halogens is 1. The molecule has 2 rings (SSSR count). The Morgan fingerprint density at radius 3 is 3.05 bits per heavy atom. The maximum atomic E-state index is 12.2. The summed E-state index contributed by atoms with van der Waals surface area (Å²) >= 11 is 12.3. The van der Waals surface area contributed by atoms with Gasteiger partial charge in [-0.2, -0.15) is 11.8 Å². The number of rotatable bonds is 4. The fraction of sp³-hybridized carbons (Fsp3) is 0.500. The van der Waals surface area contributed by atoms with E-state index in [4.69, 9.17) is 11.6 Å². The highest BCUT2D eigenvalue weighted by molar-refractivity contribution is 7.99. The molecule has 1 N–H and O–H groups in total. The third-order valence-electron chi connectivity index (χ3n) is 3.32. The summed E-state index contributed by atoms with van der Waals surface area (Å²) < 4.78 is 0. The Balaban J connectivity index is 1.96. The monoisotopic (exact) mass is 315 g/mol. The average molecular weight is 316 g/mol. The molecule has 1 aromatic rings. The van der Waals surface area contributed by atoms with Crippen LogP contribution in [0, 0.1) is 0 Å². The molecule has 5 heteroatoms. The molecule has 0 saturated heterocycles. The van der Waals surface area contributed by atoms with Crippen LogP contribution in [-0.2, 0) is 0 Å². The van der Waals surface area contributed by atoms with Crippen LogP contribution in [0.25, 0.3) is 0 Å². The lowest BCUT2D eigenvalue weighted by Gasteiger charge is -2.14. The minimum absolute atomic E-state index is 0.0898. The van der Waals surface area contributed by atoms with Gasteiger partial charge in [0.1, 0.15) is 0 Å². The first-order valence-corrected chi connectivity index (χ1v) is 8.38. The summed E-state index contributed by atoms with van der Waals surface area (Å²) in [4.78, 5) is 13.0. The molecule has 0 aromatic heterocycles. The Kier molecular flexibility index (Phi) is 5.48. The Bertz CT molecular complexity index is 467. The summed E-state index contributed by atoms with van der Waals surface area (Å²) in [5, 5.41) is 4.24. The number of hydrogen-bond donors (Lipinski definition) is 2. The van der Waals surface area contributed by atoms with Crippen molar-refractivity contribution in [1.82, 2.24) is 5.32 Å². The van der Waals surface area contributed by atoms with Gasteiger partial charge in [-0.05, 0) is 43.2 Å². The minimum atomic E-state index is -0.0898. The van der Waals surface area contributed by atoms with Crippen LogP contribution in [0.4, 0.5) is 0 Å². The van der Waals surface area contributed by atoms with Crippen LogP contribution >= 0.6 is 36.0 Å². The Labute approximate surface area is 129 Å². The summed E-state index contributed by atoms with van der Waals surface area (Å²) in [6.07, 6.45) is 3.30. The molecule has 0 spiro atoms. The maximum absolute atomic E-state index is 12.2. The van der Waals surface area contributed by atoms with E-state index in [-0.39, 0.29) is 11.9 Å². The van der Waals surface area contributed by atoms with E-state index < -0.39 is 0 Å². The van der Waals surface area contributed by atoms with E-state index >= 15 is 0 Å². The number of benzene rings is 1. The molecule has 0 heterocycles. The SMILES string of the molecule is CCSC1CCC(NC(=O)c2cc(S)ccc2Cl)C1. The highest BCUT2D eigenvalue weighted by Crippen LogP contribution is 2.30. The van der Waals surface area contributed by atoms with Gasteiger partial charge in [0, 0.05) is 16.2 Å². The van der Waals surface area contributed by atoms with E-state index in [0.29, 0.717) is 15.8 Å². The standard InChI is InChI=1S/C14H18ClNOS2/c1-2-19-11-5-3-9(7-11)16-14(17)12-8-10(18)4-6-13(12)15/h4,6,8-9,11,18H,2-3,5,7H2,1H3,(H,16,17). The first kappa shape index (κ1) is 15.1. The molecule has 1 amide bonds. The second kappa shape index (κ2) is 6.91. The lowest BCUT2D eigenvalue weighted by Crippen LogP contribution is -2.33. The lowest BCUT2D eigenvalue weighted by molar-refractivity contribution is 0.0938. The molecule has 0 bridgehead atoms. The quantitative estimate of drug-likeness (QED) is 0.821. The number of hydrogen-bond acceptors (Lipinski definition) is 3. The third kappa shape index (κ3) is 4.07. The molecular formula is C14H18ClNOS2. The van der Waals surface area contributed by atoms with Crippen molar-refractivity contribution in [3.8, 4) is 0 Å². The van der Waals surface area contributed by atoms with Crippen molar-refractivity contribution in [3.63, 3.8) is 0 Å². The van der Waals surface area contributed by atoms with Crippen LogP contribution in [-0.4, -0.2) is 23.0 Å². The van der Waals surface area contributed by atoms with Crippen molar-refractivity contribution < 1.29 is 4.79 Å². The zero-order valence-electron chi connectivity index (χ0n) is 10.9. The molecule has 2 atom stereocenters. The molecule has 1 aliphatic rings. The predicted molar refractivity (Wildman–Crippen MR) is 85.7 cm³/mol. The predicted octanol–water partition coefficient (Wildman–Crippen LogP) is 4.03. The topological polar surface area (TPSA) is 29.1 Å². The van der Waals surface area contributed by atoms with E-state index in [2.05, 4.69) is 24.9 Å². The maximum Gasteiger partial charge on any atom is 0.253 e. The Morgan fingerprint density at radius 1 is 1.53 bits per heavy atom. The lowest BCUT2D eigenvalue weighted by atomic mass is 10.2. The van der Waals surface area contributed by atoms with Crippen LogP contribution in [0.5, 0.6) is 0 Å². The molecule has 104 valence electrons. The summed E-state index contributed by atoms with van der Waals surface area (Å²) in [5.41, 5.74) is 0.515. The van der Waals surface area contributed by atoms with E-state index in [1.165, 1.54) is 6.42 Å². The van der Waals surface area contributed by atoms with Crippen LogP contribution in [0.3, 0.4) is 0 Å². The molecular weight excluding hydrogens is 298 g/mol. The molecule has 1 saturated carbocycles. The third-order valence-corrected chi connectivity index (χ3v) is 5.16. The van der Waals surface area contributed by atoms with E-state index in [9.17, 15) is 4.79 Å². The summed E-state index contributed by atoms with van der Waals surface area (Å²) in [7, 11) is 0. The minimum Gasteiger partial charge on any atom is -0.349 e. The molecule has 19 heavy (non-hydrogen) atoms. The van der Waals surface area contributed by atoms with Crippen molar-refractivity contribution in [3.05, 3.63) is 28.8 Å². The molecule has 1 aromatic carbocycles. The number of thiol groups is 1. The molecule has 0 radical (unpaired) electrons. The Morgan fingerprint density at radius 2 is 2.32 bits per heavy atom. The van der Waals surface area contributed by atoms with E-state index in [1.54, 1.807) is 18.2 Å². The number of carbonyl (C=O) groups excluding carboxylic acids is 1. The fourth-order valence-electron chi connectivity index (χ4n) is 2.41. The van der Waals surface area contributed by atoms with Gasteiger partial charge in [-0.3, -0.25) is 4.79 Å². The van der Waals surface area contributed by atoms with E-state index in [1.807, 2.05) is 11.8 Å². The van der Waals surface area contributed by atoms with Gasteiger partial charge >= 0.3 is 0 Å². The molecule has 1 aliphatic carbocycles. The van der Waals surface area contributed by atoms with Gasteiger partial charge in [0.15, 0.2) is 0 Å². The first-order valence-electron chi connectivity index (χ1n) is 6.51. The van der Waals surface area contributed by atoms with Crippen LogP contribution < -0.4 is 5.32 Å². The summed E-state index contributed by atoms with van der Waals surface area (Å²) in [5.74, 6) is 1.05. The molecule has 2 unspecified atom stereocenters. The number of nitrogens with one attached hydrogen (secondary N) is 1. The van der Waals surface area contributed by atoms with Crippen molar-refractivity contribution >= 4 is 41.9 Å². The van der Waals surface area contributed by atoms with Crippen molar-refractivity contribution in [2.75, 3.05) is 5.75 Å².